The van der Waals surface area contributed by atoms with Crippen LogP contribution >= 0.6 is 11.8 Å². The van der Waals surface area contributed by atoms with Crippen LogP contribution in [-0.2, 0) is 133 Å². The van der Waals surface area contributed by atoms with Gasteiger partial charge in [-0.15, -0.1) is 10.2 Å². The Morgan fingerprint density at radius 3 is 1.66 bits per heavy atom. The van der Waals surface area contributed by atoms with Crippen LogP contribution in [0.5, 0.6) is 0 Å². The van der Waals surface area contributed by atoms with Crippen molar-refractivity contribution in [2.24, 2.45) is 28.7 Å². The number of nitrogens with two attached hydrogens (primary N) is 5. The molecule has 3 aromatic rings. The lowest BCUT2D eigenvalue weighted by Gasteiger charge is -2.27. The fourth-order valence-corrected chi connectivity index (χ4v) is 18.1. The number of aryl methyl sites for hydroxylation is 2. The number of unbranched alkanes of at least 4 members (excludes halogenated alkanes) is 2. The molecule has 0 aromatic carbocycles. The van der Waals surface area contributed by atoms with Crippen molar-refractivity contribution in [3.8, 4) is 0 Å². The summed E-state index contributed by atoms with van der Waals surface area (Å²) in [4.78, 5) is 274. The Kier molecular flexibility index (Phi) is 50.5. The average Bonchev–Trinajstić information content (AvgIpc) is 1.66. The number of aromatic nitrogens is 8. The molecule has 8 heterocycles. The first-order chi connectivity index (χ1) is 70.8. The lowest BCUT2D eigenvalue weighted by Crippen LogP contribution is -2.62. The highest BCUT2D eigenvalue weighted by atomic mass is 32.2. The number of nitrogens with zero attached hydrogens (tertiary/aromatic N) is 8. The highest BCUT2D eigenvalue weighted by Gasteiger charge is 2.44. The molecule has 0 saturated carbocycles. The molecule has 0 radical (unpaired) electrons. The van der Waals surface area contributed by atoms with Crippen LogP contribution in [0.4, 0.5) is 4.79 Å². The van der Waals surface area contributed by atoms with Gasteiger partial charge < -0.3 is 164 Å². The zero-order valence-corrected chi connectivity index (χ0v) is 83.7. The van der Waals surface area contributed by atoms with Crippen LogP contribution in [0.15, 0.2) is 24.9 Å². The Bertz CT molecular complexity index is 4980. The van der Waals surface area contributed by atoms with E-state index in [2.05, 4.69) is 132 Å². The number of ether oxygens (including phenoxy) is 3. The standard InChI is InChI=1S/C88H143N35O24S/c1-48-74(132)115-71(49(2)125)85(143)113-62(44-124)83(141)107-54(75(133)100-40-68(128)104-60-37-51-42-121(119-117-51)28-9-6-14-53(73(91)131)106-84(142)64-19-13-30-123(64)70(130)41-101-76(134)59(36-50-39-96-47-102-50)112-79(137)55(15-5-8-24-89)108-80(138)58(111-81(60)139)22-23-66(90)126)16-7-10-29-122-43-52(118-120-122)38-61(82(140)110-57(18-12-26-99-87(94)95)78(136)109-56(77(135)103-48)17-11-25-98-86(92)93)105-69(129)45-147-35-34-146-33-32-145-31-27-97-67(127)21-4-3-20-65-72-63(46-148-65)114-88(144)116-72/h39,42-43,47-49,53-65,71-72,124-125H,3-38,40-41,44-46,89H2,1-2H3,(H2,90,126)(H2,91,131)(H,96,102)(H,97,127)(H,100,133)(H,101,134)(H,103,135)(H,104,128)(H,105,129)(H,106,142)(H,107,141)(H,108,138)(H,109,136)(H,110,140)(H,111,139)(H,112,137)(H,113,143)(H,115,132)(H4,92,93,98)(H4,94,95,99)(H2,114,116,144)/t48-,49?,53-,54-,55-,56-,57-,58-,59-,60-,61-,62-,63+,64-,65+,71?,72+/m0/s1. The summed E-state index contributed by atoms with van der Waals surface area (Å²) in [7, 11) is 0. The minimum Gasteiger partial charge on any atom is -0.394 e. The van der Waals surface area contributed by atoms with E-state index in [-0.39, 0.29) is 210 Å². The van der Waals surface area contributed by atoms with Crippen LogP contribution in [0.1, 0.15) is 166 Å². The summed E-state index contributed by atoms with van der Waals surface area (Å²) < 4.78 is 19.5. The van der Waals surface area contributed by atoms with Crippen molar-refractivity contribution >= 4 is 136 Å². The Labute approximate surface area is 855 Å². The van der Waals surface area contributed by atoms with E-state index in [0.717, 1.165) is 25.5 Å². The number of amides is 20. The maximum atomic E-state index is 15.0. The van der Waals surface area contributed by atoms with Crippen LogP contribution in [0.2, 0.25) is 0 Å². The number of aliphatic hydroxyl groups excluding tert-OH is 2. The zero-order valence-electron chi connectivity index (χ0n) is 82.9. The number of aliphatic hydroxyl groups is 2. The van der Waals surface area contributed by atoms with Crippen molar-refractivity contribution in [3.05, 3.63) is 42.0 Å². The number of urea groups is 1. The first-order valence-electron chi connectivity index (χ1n) is 49.5. The molecule has 20 amide bonds. The molecule has 3 fully saturated rings. The van der Waals surface area contributed by atoms with Crippen molar-refractivity contribution in [2.75, 3.05) is 97.8 Å². The molecule has 60 heteroatoms. The summed E-state index contributed by atoms with van der Waals surface area (Å²) in [5.41, 5.74) is 28.7. The fraction of sp³-hybridized carbons (Fsp3) is 0.682. The first kappa shape index (κ1) is 119. The SMILES string of the molecule is CC(O)C1NC(=O)[C@H](C)NC(=O)[C@H](CCCNC(=N)N)NC(=O)[C@H](CCCNC(=N)N)NC(=O)[C@@H](NC(=O)COCCOCCOCCNC(=O)CCCC[C@H]2SC[C@H]3NC(=O)N[C@H]32)Cc2cn(nn2)CCCC[C@@H](C(=O)NCC(=O)N[C@H]2Cc3cn(nn3)CCCC[C@@H](C(N)=O)NC(=O)[C@@H]3CCCN3C(=O)CNC(=O)[C@H](Cc3c[nH]cn3)NC(=O)[C@H](CCCCN)NC(=O)[C@H](CCC(N)=O)NC2=O)NC(=O)[C@H](CO)NC1=O. The van der Waals surface area contributed by atoms with Crippen LogP contribution in [0.25, 0.3) is 0 Å². The molecule has 59 nitrogen and oxygen atoms in total. The monoisotopic (exact) mass is 2110 g/mol. The number of primary amides is 2. The zero-order chi connectivity index (χ0) is 108. The number of carbonyl (C=O) groups is 19. The van der Waals surface area contributed by atoms with Crippen molar-refractivity contribution in [1.29, 1.82) is 10.8 Å². The van der Waals surface area contributed by atoms with Gasteiger partial charge in [0.15, 0.2) is 11.9 Å². The molecular weight excluding hydrogens is 1960 g/mol. The lowest BCUT2D eigenvalue weighted by molar-refractivity contribution is -0.140. The Hall–Kier alpha value is -14.1. The topological polar surface area (TPSA) is 892 Å². The van der Waals surface area contributed by atoms with Gasteiger partial charge in [0.25, 0.3) is 0 Å². The molecule has 4 bridgehead atoms. The highest BCUT2D eigenvalue weighted by molar-refractivity contribution is 8.00. The number of aromatic amines is 1. The number of imidazole rings is 1. The first-order valence-corrected chi connectivity index (χ1v) is 50.5. The van der Waals surface area contributed by atoms with Gasteiger partial charge in [-0.2, -0.15) is 11.8 Å². The highest BCUT2D eigenvalue weighted by Crippen LogP contribution is 2.33. The van der Waals surface area contributed by atoms with Crippen LogP contribution in [0.3, 0.4) is 0 Å². The number of carbonyl (C=O) groups excluding carboxylic acids is 19. The Morgan fingerprint density at radius 1 is 0.527 bits per heavy atom. The maximum absolute atomic E-state index is 15.0. The predicted octanol–water partition coefficient (Wildman–Crippen LogP) is -12.3. The second-order valence-electron chi connectivity index (χ2n) is 36.3. The van der Waals surface area contributed by atoms with Gasteiger partial charge in [0, 0.05) is 101 Å². The minimum atomic E-state index is -1.98. The summed E-state index contributed by atoms with van der Waals surface area (Å²) >= 11 is 1.81. The van der Waals surface area contributed by atoms with Gasteiger partial charge in [-0.05, 0) is 136 Å². The quantitative estimate of drug-likeness (QED) is 0.0109. The molecule has 3 aromatic heterocycles. The summed E-state index contributed by atoms with van der Waals surface area (Å²) in [6.45, 7) is -0.340. The van der Waals surface area contributed by atoms with Gasteiger partial charge >= 0.3 is 6.03 Å². The number of rotatable bonds is 41. The van der Waals surface area contributed by atoms with Crippen LogP contribution < -0.4 is 130 Å². The second kappa shape index (κ2) is 62.8. The summed E-state index contributed by atoms with van der Waals surface area (Å²) in [5.74, 6) is -17.1. The largest absolute Gasteiger partial charge is 0.394 e. The van der Waals surface area contributed by atoms with Gasteiger partial charge in [0.05, 0.1) is 94.3 Å². The number of fused-ring (bicyclic) bond motifs is 6. The molecule has 148 heavy (non-hydrogen) atoms. The average molecular weight is 2110 g/mol. The molecule has 8 rings (SSSR count). The van der Waals surface area contributed by atoms with Crippen LogP contribution in [-0.4, -0.2) is 379 Å². The molecule has 5 aliphatic rings. The van der Waals surface area contributed by atoms with Gasteiger partial charge in [-0.1, -0.05) is 16.8 Å². The third-order valence-corrected chi connectivity index (χ3v) is 26.1. The van der Waals surface area contributed by atoms with Crippen molar-refractivity contribution in [1.82, 2.24) is 146 Å². The predicted molar refractivity (Wildman–Crippen MR) is 524 cm³/mol. The van der Waals surface area contributed by atoms with Gasteiger partial charge in [0.2, 0.25) is 106 Å². The number of nitrogens with one attached hydrogen (secondary N) is 22. The van der Waals surface area contributed by atoms with Crippen molar-refractivity contribution < 1.29 is 116 Å². The van der Waals surface area contributed by atoms with E-state index >= 15 is 4.79 Å². The maximum Gasteiger partial charge on any atom is 0.315 e. The van der Waals surface area contributed by atoms with E-state index in [1.807, 2.05) is 11.8 Å². The van der Waals surface area contributed by atoms with Crippen LogP contribution in [0, 0.1) is 10.8 Å². The number of guanidine groups is 2. The fourth-order valence-electron chi connectivity index (χ4n) is 16.6. The normalized spacial score (nSPS) is 24.7. The number of thioether (sulfide) groups is 1. The lowest BCUT2D eigenvalue weighted by atomic mass is 10.0. The molecule has 5 aliphatic heterocycles. The van der Waals surface area contributed by atoms with Gasteiger partial charge in [-0.3, -0.25) is 106 Å². The summed E-state index contributed by atoms with van der Waals surface area (Å²) in [6, 6.07) is -20.6. The molecule has 17 atom stereocenters. The second-order valence-corrected chi connectivity index (χ2v) is 37.6. The molecule has 0 spiro atoms. The van der Waals surface area contributed by atoms with Crippen molar-refractivity contribution in [3.63, 3.8) is 0 Å². The molecular formula is C88H143N35O24S. The van der Waals surface area contributed by atoms with Crippen molar-refractivity contribution in [2.45, 2.75) is 283 Å². The molecule has 0 aliphatic carbocycles. The third-order valence-electron chi connectivity index (χ3n) is 24.6. The summed E-state index contributed by atoms with van der Waals surface area (Å²) in [5, 5.41) is 103. The number of hydrogen-bond acceptors (Lipinski definition) is 33. The van der Waals surface area contributed by atoms with Gasteiger partial charge in [0.1, 0.15) is 85.2 Å². The van der Waals surface area contributed by atoms with Gasteiger partial charge in [-0.25, -0.2) is 9.78 Å². The van der Waals surface area contributed by atoms with E-state index in [1.54, 1.807) is 0 Å². The molecule has 3 saturated heterocycles. The molecule has 34 N–H and O–H groups in total. The third kappa shape index (κ3) is 41.6. The van der Waals surface area contributed by atoms with E-state index in [9.17, 15) is 96.5 Å². The van der Waals surface area contributed by atoms with E-state index in [0.29, 0.717) is 30.9 Å². The Morgan fingerprint density at radius 2 is 1.07 bits per heavy atom. The number of H-pyrrole nitrogens is 1. The molecule has 2 unspecified atom stereocenters. The summed E-state index contributed by atoms with van der Waals surface area (Å²) in [6.07, 6.45) is 5.12. The minimum absolute atomic E-state index is 0.00714. The van der Waals surface area contributed by atoms with E-state index in [1.165, 1.54) is 46.1 Å². The number of hydrogen-bond donors (Lipinski definition) is 29. The Balaban J connectivity index is 1.01. The van der Waals surface area contributed by atoms with E-state index < -0.39 is 249 Å². The smallest absolute Gasteiger partial charge is 0.315 e. The molecule has 820 valence electrons. The van der Waals surface area contributed by atoms with E-state index in [4.69, 9.17) is 53.7 Å².